The van der Waals surface area contributed by atoms with Gasteiger partial charge in [-0.3, -0.25) is 4.79 Å². The molecule has 3 atom stereocenters. The number of carbonyl (C=O) groups is 1. The average molecular weight is 299 g/mol. The first kappa shape index (κ1) is 15.0. The fraction of sp³-hybridized carbons (Fsp3) is 0.385. The highest BCUT2D eigenvalue weighted by molar-refractivity contribution is 7.93. The molecule has 0 amide bonds. The van der Waals surface area contributed by atoms with Crippen LogP contribution in [0, 0.1) is 6.92 Å². The molecular formula is C13H14FNO4S. The van der Waals surface area contributed by atoms with Crippen molar-refractivity contribution >= 4 is 22.7 Å². The number of nitrogens with zero attached hydrogens (tertiary/aromatic N) is 1. The van der Waals surface area contributed by atoms with E-state index in [1.807, 2.05) is 6.92 Å². The molecule has 0 saturated heterocycles. The van der Waals surface area contributed by atoms with E-state index in [9.17, 15) is 18.8 Å². The SMILES string of the molecule is CC(=O)C1=NOC(O)(CF)C1[S@@+]([O-])c1ccc(C)cc1. The number of hydrogen-bond acceptors (Lipinski definition) is 5. The first-order chi connectivity index (χ1) is 9.39. The van der Waals surface area contributed by atoms with Gasteiger partial charge in [0.05, 0.1) is 0 Å². The lowest BCUT2D eigenvalue weighted by Crippen LogP contribution is -2.51. The summed E-state index contributed by atoms with van der Waals surface area (Å²) in [5, 5.41) is 12.1. The number of carbonyl (C=O) groups excluding carboxylic acids is 1. The highest BCUT2D eigenvalue weighted by atomic mass is 32.2. The summed E-state index contributed by atoms with van der Waals surface area (Å²) >= 11 is -1.85. The summed E-state index contributed by atoms with van der Waals surface area (Å²) < 4.78 is 25.5. The van der Waals surface area contributed by atoms with Crippen LogP contribution < -0.4 is 0 Å². The highest BCUT2D eigenvalue weighted by Gasteiger charge is 2.57. The number of alkyl halides is 1. The maximum atomic E-state index is 13.0. The monoisotopic (exact) mass is 299 g/mol. The Morgan fingerprint density at radius 2 is 2.15 bits per heavy atom. The van der Waals surface area contributed by atoms with Crippen LogP contribution in [0.2, 0.25) is 0 Å². The second kappa shape index (κ2) is 5.51. The predicted molar refractivity (Wildman–Crippen MR) is 71.5 cm³/mol. The molecule has 1 N–H and O–H groups in total. The van der Waals surface area contributed by atoms with Crippen LogP contribution in [-0.4, -0.2) is 38.9 Å². The summed E-state index contributed by atoms with van der Waals surface area (Å²) in [4.78, 5) is 16.4. The lowest BCUT2D eigenvalue weighted by Gasteiger charge is -2.26. The van der Waals surface area contributed by atoms with E-state index in [0.29, 0.717) is 4.90 Å². The van der Waals surface area contributed by atoms with Crippen molar-refractivity contribution in [1.29, 1.82) is 0 Å². The molecule has 0 saturated carbocycles. The Bertz CT molecular complexity index is 548. The van der Waals surface area contributed by atoms with E-state index < -0.39 is 34.7 Å². The number of halogens is 1. The van der Waals surface area contributed by atoms with Crippen molar-refractivity contribution < 1.29 is 23.7 Å². The van der Waals surface area contributed by atoms with Gasteiger partial charge in [-0.2, -0.15) is 0 Å². The number of hydrogen-bond donors (Lipinski definition) is 1. The van der Waals surface area contributed by atoms with Gasteiger partial charge in [0.15, 0.2) is 23.1 Å². The van der Waals surface area contributed by atoms with E-state index in [2.05, 4.69) is 9.99 Å². The molecule has 0 aromatic heterocycles. The van der Waals surface area contributed by atoms with Crippen LogP contribution >= 0.6 is 0 Å². The summed E-state index contributed by atoms with van der Waals surface area (Å²) in [6.45, 7) is 1.76. The van der Waals surface area contributed by atoms with Gasteiger partial charge in [0.1, 0.15) is 0 Å². The van der Waals surface area contributed by atoms with E-state index in [-0.39, 0.29) is 5.71 Å². The van der Waals surface area contributed by atoms with Crippen LogP contribution in [0.25, 0.3) is 0 Å². The highest BCUT2D eigenvalue weighted by Crippen LogP contribution is 2.32. The fourth-order valence-corrected chi connectivity index (χ4v) is 3.39. The van der Waals surface area contributed by atoms with Crippen molar-refractivity contribution in [2.24, 2.45) is 5.16 Å². The third kappa shape index (κ3) is 2.56. The zero-order valence-electron chi connectivity index (χ0n) is 11.0. The Morgan fingerprint density at radius 3 is 2.65 bits per heavy atom. The Hall–Kier alpha value is -1.44. The second-order valence-electron chi connectivity index (χ2n) is 4.59. The van der Waals surface area contributed by atoms with Crippen LogP contribution in [0.3, 0.4) is 0 Å². The molecule has 0 bridgehead atoms. The summed E-state index contributed by atoms with van der Waals surface area (Å²) in [5.41, 5.74) is 0.749. The van der Waals surface area contributed by atoms with Gasteiger partial charge >= 0.3 is 5.79 Å². The first-order valence-electron chi connectivity index (χ1n) is 5.91. The molecule has 1 aliphatic rings. The zero-order valence-corrected chi connectivity index (χ0v) is 11.8. The molecular weight excluding hydrogens is 285 g/mol. The van der Waals surface area contributed by atoms with Crippen LogP contribution in [0.15, 0.2) is 34.3 Å². The molecule has 7 heteroatoms. The number of aliphatic hydroxyl groups is 1. The third-order valence-corrected chi connectivity index (χ3v) is 4.74. The molecule has 5 nitrogen and oxygen atoms in total. The molecule has 0 aliphatic carbocycles. The molecule has 0 spiro atoms. The maximum Gasteiger partial charge on any atom is 0.317 e. The number of aryl methyl sites for hydroxylation is 1. The van der Waals surface area contributed by atoms with E-state index in [0.717, 1.165) is 5.56 Å². The van der Waals surface area contributed by atoms with Gasteiger partial charge in [-0.1, -0.05) is 22.9 Å². The van der Waals surface area contributed by atoms with Gasteiger partial charge in [-0.25, -0.2) is 4.39 Å². The maximum absolute atomic E-state index is 13.0. The normalized spacial score (nSPS) is 26.9. The van der Waals surface area contributed by atoms with Crippen molar-refractivity contribution in [2.45, 2.75) is 29.8 Å². The van der Waals surface area contributed by atoms with Crippen molar-refractivity contribution in [2.75, 3.05) is 6.67 Å². The van der Waals surface area contributed by atoms with E-state index >= 15 is 0 Å². The van der Waals surface area contributed by atoms with Crippen LogP contribution in [-0.2, 0) is 20.8 Å². The number of oxime groups is 1. The van der Waals surface area contributed by atoms with E-state index in [4.69, 9.17) is 0 Å². The molecule has 1 aromatic carbocycles. The topological polar surface area (TPSA) is 82.0 Å². The molecule has 2 unspecified atom stereocenters. The van der Waals surface area contributed by atoms with Gasteiger partial charge in [0, 0.05) is 18.1 Å². The van der Waals surface area contributed by atoms with Gasteiger partial charge < -0.3 is 14.5 Å². The molecule has 0 radical (unpaired) electrons. The van der Waals surface area contributed by atoms with E-state index in [1.165, 1.54) is 6.92 Å². The molecule has 0 fully saturated rings. The smallest absolute Gasteiger partial charge is 0.317 e. The Morgan fingerprint density at radius 1 is 1.55 bits per heavy atom. The molecule has 1 aromatic rings. The molecule has 1 aliphatic heterocycles. The van der Waals surface area contributed by atoms with E-state index in [1.54, 1.807) is 24.3 Å². The largest absolute Gasteiger partial charge is 0.611 e. The van der Waals surface area contributed by atoms with Gasteiger partial charge in [-0.05, 0) is 19.1 Å². The second-order valence-corrected chi connectivity index (χ2v) is 6.13. The number of benzene rings is 1. The predicted octanol–water partition coefficient (Wildman–Crippen LogP) is 1.10. The summed E-state index contributed by atoms with van der Waals surface area (Å²) in [7, 11) is 0. The first-order valence-corrected chi connectivity index (χ1v) is 7.13. The molecule has 20 heavy (non-hydrogen) atoms. The standard InChI is InChI=1S/C13H14FNO4S/c1-8-3-5-10(6-4-8)20(18)12-11(9(2)16)15-19-13(12,17)7-14/h3-6,12,17H,7H2,1-2H3/t12?,13?,20-/m0/s1. The minimum Gasteiger partial charge on any atom is -0.611 e. The Labute approximate surface area is 118 Å². The molecule has 1 heterocycles. The summed E-state index contributed by atoms with van der Waals surface area (Å²) in [5.74, 6) is -2.88. The van der Waals surface area contributed by atoms with Crippen molar-refractivity contribution in [3.05, 3.63) is 29.8 Å². The zero-order chi connectivity index (χ0) is 14.9. The summed E-state index contributed by atoms with van der Waals surface area (Å²) in [6, 6.07) is 6.67. The van der Waals surface area contributed by atoms with Crippen molar-refractivity contribution in [3.8, 4) is 0 Å². The van der Waals surface area contributed by atoms with Crippen LogP contribution in [0.5, 0.6) is 0 Å². The van der Waals surface area contributed by atoms with Gasteiger partial charge in [0.25, 0.3) is 0 Å². The van der Waals surface area contributed by atoms with Crippen molar-refractivity contribution in [3.63, 3.8) is 0 Å². The Balaban J connectivity index is 2.37. The Kier molecular flexibility index (Phi) is 4.12. The fourth-order valence-electron chi connectivity index (χ4n) is 1.86. The van der Waals surface area contributed by atoms with Crippen LogP contribution in [0.1, 0.15) is 12.5 Å². The third-order valence-electron chi connectivity index (χ3n) is 2.98. The van der Waals surface area contributed by atoms with Crippen LogP contribution in [0.4, 0.5) is 4.39 Å². The minimum atomic E-state index is -2.36. The van der Waals surface area contributed by atoms with Gasteiger partial charge in [0.2, 0.25) is 5.25 Å². The number of Topliss-reactive ketones (excluding diaryl/α,β-unsaturated/α-hetero) is 1. The summed E-state index contributed by atoms with van der Waals surface area (Å²) in [6.07, 6.45) is 0. The lowest BCUT2D eigenvalue weighted by atomic mass is 10.1. The minimum absolute atomic E-state index is 0.218. The molecule has 2 rings (SSSR count). The van der Waals surface area contributed by atoms with Gasteiger partial charge in [-0.15, -0.1) is 0 Å². The quantitative estimate of drug-likeness (QED) is 0.844. The molecule has 108 valence electrons. The number of rotatable bonds is 4. The lowest BCUT2D eigenvalue weighted by molar-refractivity contribution is -0.191. The van der Waals surface area contributed by atoms with Crippen molar-refractivity contribution in [1.82, 2.24) is 0 Å². The average Bonchev–Trinajstić information content (AvgIpc) is 2.77. The number of ketones is 1.